The summed E-state index contributed by atoms with van der Waals surface area (Å²) in [7, 11) is -4.55. The number of halogens is 6. The van der Waals surface area contributed by atoms with E-state index in [1.165, 1.54) is 12.1 Å². The Morgan fingerprint density at radius 1 is 1.12 bits per heavy atom. The summed E-state index contributed by atoms with van der Waals surface area (Å²) in [5, 5.41) is 2.06. The van der Waals surface area contributed by atoms with Crippen molar-refractivity contribution >= 4 is 27.5 Å². The highest BCUT2D eigenvalue weighted by Crippen LogP contribution is 2.39. The number of hydrogen-bond donors (Lipinski definition) is 1. The fourth-order valence-electron chi connectivity index (χ4n) is 2.80. The maximum Gasteiger partial charge on any atom is 0.427 e. The number of hydrogen-bond acceptors (Lipinski definition) is 6. The average Bonchev–Trinajstić information content (AvgIpc) is 2.71. The molecule has 3 rings (SSSR count). The lowest BCUT2D eigenvalue weighted by molar-refractivity contribution is -0.242. The molecule has 1 aromatic heterocycles. The van der Waals surface area contributed by atoms with Gasteiger partial charge in [-0.2, -0.15) is 26.3 Å². The first-order valence-corrected chi connectivity index (χ1v) is 10.8. The molecule has 0 radical (unpaired) electrons. The van der Waals surface area contributed by atoms with E-state index in [4.69, 9.17) is 4.74 Å². The fourth-order valence-corrected chi connectivity index (χ4v) is 4.24. The van der Waals surface area contributed by atoms with Crippen LogP contribution in [0.2, 0.25) is 0 Å². The number of pyridine rings is 1. The van der Waals surface area contributed by atoms with Crippen molar-refractivity contribution in [3.05, 3.63) is 42.2 Å². The number of carbonyl (C=O) groups excluding carboxylic acids is 1. The maximum absolute atomic E-state index is 13.1. The molecule has 8 nitrogen and oxygen atoms in total. The molecule has 15 heteroatoms. The second kappa shape index (κ2) is 8.52. The van der Waals surface area contributed by atoms with Crippen molar-refractivity contribution in [1.82, 2.24) is 4.98 Å². The van der Waals surface area contributed by atoms with Gasteiger partial charge in [0, 0.05) is 18.1 Å². The third-order valence-corrected chi connectivity index (χ3v) is 6.46. The Labute approximate surface area is 189 Å². The molecule has 0 spiro atoms. The number of alkyl halides is 6. The van der Waals surface area contributed by atoms with E-state index >= 15 is 0 Å². The summed E-state index contributed by atoms with van der Waals surface area (Å²) in [5.41, 5.74) is -4.38. The van der Waals surface area contributed by atoms with E-state index in [1.807, 2.05) is 0 Å². The van der Waals surface area contributed by atoms with Crippen molar-refractivity contribution < 1.29 is 49.0 Å². The number of ether oxygens (including phenoxy) is 2. The summed E-state index contributed by atoms with van der Waals surface area (Å²) in [5.74, 6) is 0.0179. The fraction of sp³-hybridized carbons (Fsp3) is 0.368. The minimum Gasteiger partial charge on any atom is -0.489 e. The maximum atomic E-state index is 13.1. The molecule has 1 aromatic carbocycles. The molecule has 0 bridgehead atoms. The van der Waals surface area contributed by atoms with Crippen LogP contribution in [-0.2, 0) is 20.9 Å². The van der Waals surface area contributed by atoms with Gasteiger partial charge in [0.2, 0.25) is 5.60 Å². The van der Waals surface area contributed by atoms with Crippen LogP contribution >= 0.6 is 0 Å². The molecule has 0 atom stereocenters. The Morgan fingerprint density at radius 2 is 1.79 bits per heavy atom. The average molecular weight is 513 g/mol. The lowest BCUT2D eigenvalue weighted by atomic mass is 10.1. The molecule has 0 aliphatic carbocycles. The number of rotatable bonds is 4. The molecule has 0 fully saturated rings. The van der Waals surface area contributed by atoms with Crippen molar-refractivity contribution in [3.63, 3.8) is 0 Å². The normalized spacial score (nSPS) is 14.8. The van der Waals surface area contributed by atoms with Gasteiger partial charge >= 0.3 is 18.4 Å². The van der Waals surface area contributed by atoms with Crippen molar-refractivity contribution in [3.8, 4) is 5.75 Å². The predicted octanol–water partition coefficient (Wildman–Crippen LogP) is 4.58. The minimum atomic E-state index is -4.85. The largest absolute Gasteiger partial charge is 0.489 e. The number of benzene rings is 1. The minimum absolute atomic E-state index is 0.0179. The quantitative estimate of drug-likeness (QED) is 0.602. The topological polar surface area (TPSA) is 97.8 Å². The molecule has 1 N–H and O–H groups in total. The molecule has 1 aliphatic heterocycles. The van der Waals surface area contributed by atoms with E-state index in [1.54, 1.807) is 0 Å². The number of aromatic nitrogens is 1. The number of anilines is 2. The van der Waals surface area contributed by atoms with E-state index < -0.39 is 44.5 Å². The van der Waals surface area contributed by atoms with E-state index in [-0.39, 0.29) is 30.3 Å². The summed E-state index contributed by atoms with van der Waals surface area (Å²) in [6.07, 6.45) is -9.92. The Bertz CT molecular complexity index is 1200. The van der Waals surface area contributed by atoms with Gasteiger partial charge < -0.3 is 9.47 Å². The second-order valence-electron chi connectivity index (χ2n) is 7.54. The Morgan fingerprint density at radius 3 is 2.41 bits per heavy atom. The van der Waals surface area contributed by atoms with Gasteiger partial charge in [-0.15, -0.1) is 0 Å². The van der Waals surface area contributed by atoms with Crippen LogP contribution < -0.4 is 14.4 Å². The monoisotopic (exact) mass is 513 g/mol. The molecule has 2 heterocycles. The van der Waals surface area contributed by atoms with Crippen molar-refractivity contribution in [2.45, 2.75) is 36.7 Å². The molecule has 186 valence electrons. The van der Waals surface area contributed by atoms with Gasteiger partial charge in [-0.1, -0.05) is 0 Å². The van der Waals surface area contributed by atoms with Crippen LogP contribution in [-0.4, -0.2) is 44.4 Å². The van der Waals surface area contributed by atoms with Gasteiger partial charge in [0.05, 0.1) is 17.8 Å². The molecule has 0 unspecified atom stereocenters. The number of fused-ring (bicyclic) bond motifs is 1. The van der Waals surface area contributed by atoms with Crippen molar-refractivity contribution in [1.29, 1.82) is 0 Å². The third-order valence-electron chi connectivity index (χ3n) is 4.68. The highest BCUT2D eigenvalue weighted by Gasteiger charge is 2.51. The lowest BCUT2D eigenvalue weighted by Gasteiger charge is -2.31. The zero-order valence-corrected chi connectivity index (χ0v) is 18.3. The number of sulfonamides is 1. The smallest absolute Gasteiger partial charge is 0.427 e. The molecule has 2 aromatic rings. The summed E-state index contributed by atoms with van der Waals surface area (Å²) in [4.78, 5) is 14.6. The van der Waals surface area contributed by atoms with Gasteiger partial charge in [-0.05, 0) is 38.1 Å². The Hall–Kier alpha value is -3.23. The first kappa shape index (κ1) is 25.4. The number of carbonyl (C=O) groups is 1. The molecule has 1 aliphatic rings. The summed E-state index contributed by atoms with van der Waals surface area (Å²) in [6, 6.07) is 3.97. The zero-order chi connectivity index (χ0) is 25.5. The van der Waals surface area contributed by atoms with Crippen molar-refractivity contribution in [2.24, 2.45) is 0 Å². The summed E-state index contributed by atoms with van der Waals surface area (Å²) < 4.78 is 115. The first-order chi connectivity index (χ1) is 15.5. The second-order valence-corrected chi connectivity index (χ2v) is 9.40. The summed E-state index contributed by atoms with van der Waals surface area (Å²) >= 11 is 0. The third kappa shape index (κ3) is 5.13. The van der Waals surface area contributed by atoms with Crippen LogP contribution in [0.1, 0.15) is 19.4 Å². The van der Waals surface area contributed by atoms with Gasteiger partial charge in [0.15, 0.2) is 0 Å². The van der Waals surface area contributed by atoms with Gasteiger partial charge in [0.25, 0.3) is 10.0 Å². The summed E-state index contributed by atoms with van der Waals surface area (Å²) in [6.45, 7) is 0.864. The number of amides is 1. The molecular formula is C19H17F6N3O5S. The van der Waals surface area contributed by atoms with E-state index in [0.717, 1.165) is 16.6 Å². The van der Waals surface area contributed by atoms with E-state index in [9.17, 15) is 39.6 Å². The van der Waals surface area contributed by atoms with Crippen LogP contribution in [0.5, 0.6) is 5.75 Å². The SMILES string of the molecule is CC(C)(OC(=O)Nc1ccc2c(c1)N(S(=O)(=O)c1cncc(C(F)(F)F)c1)CCO2)C(F)(F)F. The number of nitrogens with zero attached hydrogens (tertiary/aromatic N) is 2. The molecule has 0 saturated heterocycles. The zero-order valence-electron chi connectivity index (χ0n) is 17.5. The van der Waals surface area contributed by atoms with Gasteiger partial charge in [-0.25, -0.2) is 13.2 Å². The van der Waals surface area contributed by atoms with Crippen LogP contribution in [0, 0.1) is 0 Å². The molecule has 0 saturated carbocycles. The van der Waals surface area contributed by atoms with Crippen LogP contribution in [0.15, 0.2) is 41.6 Å². The lowest BCUT2D eigenvalue weighted by Crippen LogP contribution is -2.44. The highest BCUT2D eigenvalue weighted by atomic mass is 32.2. The highest BCUT2D eigenvalue weighted by molar-refractivity contribution is 7.92. The van der Waals surface area contributed by atoms with Gasteiger partial charge in [-0.3, -0.25) is 14.6 Å². The molecule has 34 heavy (non-hydrogen) atoms. The predicted molar refractivity (Wildman–Crippen MR) is 106 cm³/mol. The molecule has 1 amide bonds. The van der Waals surface area contributed by atoms with E-state index in [2.05, 4.69) is 15.0 Å². The van der Waals surface area contributed by atoms with Gasteiger partial charge in [0.1, 0.15) is 17.3 Å². The number of nitrogens with one attached hydrogen (secondary N) is 1. The van der Waals surface area contributed by atoms with Crippen molar-refractivity contribution in [2.75, 3.05) is 22.8 Å². The Kier molecular flexibility index (Phi) is 6.37. The van der Waals surface area contributed by atoms with Crippen LogP contribution in [0.25, 0.3) is 0 Å². The Balaban J connectivity index is 1.92. The standard InChI is InChI=1S/C19H17F6N3O5S/c1-17(2,19(23,24)25)33-16(29)27-12-3-4-15-14(8-12)28(5-6-32-15)34(30,31)13-7-11(9-26-10-13)18(20,21)22/h3-4,7-10H,5-6H2,1-2H3,(H,27,29). The van der Waals surface area contributed by atoms with E-state index in [0.29, 0.717) is 26.1 Å². The van der Waals surface area contributed by atoms with Crippen LogP contribution in [0.3, 0.4) is 0 Å². The molecular weight excluding hydrogens is 496 g/mol. The van der Waals surface area contributed by atoms with Crippen LogP contribution in [0.4, 0.5) is 42.5 Å². The first-order valence-electron chi connectivity index (χ1n) is 9.41.